The smallest absolute Gasteiger partial charge is 0.237 e. The van der Waals surface area contributed by atoms with Gasteiger partial charge in [-0.05, 0) is 38.3 Å². The first-order chi connectivity index (χ1) is 12.1. The van der Waals surface area contributed by atoms with Crippen molar-refractivity contribution in [2.45, 2.75) is 33.2 Å². The highest BCUT2D eigenvalue weighted by Gasteiger charge is 2.29. The lowest BCUT2D eigenvalue weighted by atomic mass is 10.1. The molecule has 9 heteroatoms. The molecule has 0 radical (unpaired) electrons. The van der Waals surface area contributed by atoms with Gasteiger partial charge in [0.2, 0.25) is 11.8 Å². The summed E-state index contributed by atoms with van der Waals surface area (Å²) in [5.41, 5.74) is 3.62. The van der Waals surface area contributed by atoms with Gasteiger partial charge in [0.1, 0.15) is 11.5 Å². The van der Waals surface area contributed by atoms with Crippen LogP contribution < -0.4 is 10.6 Å². The minimum Gasteiger partial charge on any atom is -0.352 e. The molecule has 1 aliphatic rings. The second-order valence-electron chi connectivity index (χ2n) is 6.72. The largest absolute Gasteiger partial charge is 0.352 e. The Balaban J connectivity index is 1.84. The third kappa shape index (κ3) is 5.91. The first-order valence-electron chi connectivity index (χ1n) is 8.28. The van der Waals surface area contributed by atoms with E-state index in [1.807, 2.05) is 32.9 Å². The SMILES string of the molecule is Cc1cc(C)c(NC(=O)CS(=O)CC(=O)NC2CCS(=O)(=O)C2)c(C)c1. The van der Waals surface area contributed by atoms with E-state index in [0.717, 1.165) is 16.7 Å². The van der Waals surface area contributed by atoms with Crippen LogP contribution >= 0.6 is 0 Å². The number of hydrogen-bond acceptors (Lipinski definition) is 5. The lowest BCUT2D eigenvalue weighted by molar-refractivity contribution is -0.119. The van der Waals surface area contributed by atoms with Crippen molar-refractivity contribution in [1.29, 1.82) is 0 Å². The number of aryl methyl sites for hydroxylation is 3. The lowest BCUT2D eigenvalue weighted by Gasteiger charge is -2.13. The van der Waals surface area contributed by atoms with Gasteiger partial charge in [-0.1, -0.05) is 17.7 Å². The second kappa shape index (κ2) is 8.30. The molecule has 0 spiro atoms. The molecule has 2 amide bonds. The molecule has 1 aromatic carbocycles. The van der Waals surface area contributed by atoms with E-state index < -0.39 is 38.5 Å². The average Bonchev–Trinajstić information content (AvgIpc) is 2.81. The molecule has 2 atom stereocenters. The van der Waals surface area contributed by atoms with Crippen molar-refractivity contribution in [3.05, 3.63) is 28.8 Å². The Morgan fingerprint density at radius 1 is 1.12 bits per heavy atom. The maximum Gasteiger partial charge on any atom is 0.237 e. The molecule has 2 rings (SSSR count). The molecule has 1 aromatic rings. The molecule has 7 nitrogen and oxygen atoms in total. The number of nitrogens with one attached hydrogen (secondary N) is 2. The predicted octanol–water partition coefficient (Wildman–Crippen LogP) is 0.602. The van der Waals surface area contributed by atoms with Crippen molar-refractivity contribution in [3.8, 4) is 0 Å². The van der Waals surface area contributed by atoms with E-state index in [1.165, 1.54) is 0 Å². The van der Waals surface area contributed by atoms with Crippen LogP contribution in [0.25, 0.3) is 0 Å². The molecule has 26 heavy (non-hydrogen) atoms. The lowest BCUT2D eigenvalue weighted by Crippen LogP contribution is -2.39. The number of carbonyl (C=O) groups excluding carboxylic acids is 2. The van der Waals surface area contributed by atoms with Gasteiger partial charge in [0.05, 0.1) is 11.5 Å². The zero-order valence-electron chi connectivity index (χ0n) is 15.1. The third-order valence-corrected chi connectivity index (χ3v) is 7.06. The van der Waals surface area contributed by atoms with E-state index in [9.17, 15) is 22.2 Å². The minimum atomic E-state index is -3.09. The van der Waals surface area contributed by atoms with Crippen LogP contribution in [0.2, 0.25) is 0 Å². The zero-order valence-corrected chi connectivity index (χ0v) is 16.8. The van der Waals surface area contributed by atoms with E-state index >= 15 is 0 Å². The summed E-state index contributed by atoms with van der Waals surface area (Å²) >= 11 is 0. The third-order valence-electron chi connectivity index (χ3n) is 4.12. The summed E-state index contributed by atoms with van der Waals surface area (Å²) in [5.74, 6) is -1.56. The summed E-state index contributed by atoms with van der Waals surface area (Å²) in [6.45, 7) is 5.74. The molecular weight excluding hydrogens is 376 g/mol. The number of hydrogen-bond donors (Lipinski definition) is 2. The fraction of sp³-hybridized carbons (Fsp3) is 0.529. The predicted molar refractivity (Wildman–Crippen MR) is 102 cm³/mol. The van der Waals surface area contributed by atoms with Gasteiger partial charge in [-0.25, -0.2) is 8.42 Å². The molecule has 1 fully saturated rings. The maximum absolute atomic E-state index is 12.1. The first kappa shape index (κ1) is 20.6. The number of anilines is 1. The van der Waals surface area contributed by atoms with Crippen molar-refractivity contribution in [2.75, 3.05) is 28.3 Å². The highest BCUT2D eigenvalue weighted by atomic mass is 32.2. The minimum absolute atomic E-state index is 0.0543. The zero-order chi connectivity index (χ0) is 19.5. The van der Waals surface area contributed by atoms with E-state index in [0.29, 0.717) is 12.1 Å². The molecule has 2 N–H and O–H groups in total. The molecule has 0 bridgehead atoms. The summed E-state index contributed by atoms with van der Waals surface area (Å²) in [6, 6.07) is 3.46. The van der Waals surface area contributed by atoms with Gasteiger partial charge in [0.25, 0.3) is 0 Å². The van der Waals surface area contributed by atoms with Crippen molar-refractivity contribution in [1.82, 2.24) is 5.32 Å². The average molecular weight is 401 g/mol. The molecule has 144 valence electrons. The Kier molecular flexibility index (Phi) is 6.57. The Morgan fingerprint density at radius 2 is 1.69 bits per heavy atom. The molecule has 0 aliphatic carbocycles. The normalized spacial score (nSPS) is 19.7. The summed E-state index contributed by atoms with van der Waals surface area (Å²) in [7, 11) is -4.75. The summed E-state index contributed by atoms with van der Waals surface area (Å²) in [4.78, 5) is 24.0. The monoisotopic (exact) mass is 400 g/mol. The van der Waals surface area contributed by atoms with Crippen molar-refractivity contribution >= 4 is 38.1 Å². The van der Waals surface area contributed by atoms with Crippen molar-refractivity contribution < 1.29 is 22.2 Å². The molecule has 0 saturated carbocycles. The standard InChI is InChI=1S/C17H24N2O5S2/c1-11-6-12(2)17(13(3)7-11)19-16(21)9-25(22)8-15(20)18-14-4-5-26(23,24)10-14/h6-7,14H,4-5,8-10H2,1-3H3,(H,18,20)(H,19,21). The van der Waals surface area contributed by atoms with Gasteiger partial charge in [-0.2, -0.15) is 0 Å². The van der Waals surface area contributed by atoms with Crippen LogP contribution in [-0.4, -0.2) is 53.5 Å². The summed E-state index contributed by atoms with van der Waals surface area (Å²) < 4.78 is 34.8. The van der Waals surface area contributed by atoms with Gasteiger partial charge >= 0.3 is 0 Å². The fourth-order valence-electron chi connectivity index (χ4n) is 3.07. The number of amides is 2. The molecule has 2 unspecified atom stereocenters. The van der Waals surface area contributed by atoms with Crippen LogP contribution in [0, 0.1) is 20.8 Å². The van der Waals surface area contributed by atoms with E-state index in [2.05, 4.69) is 10.6 Å². The Hall–Kier alpha value is -1.74. The van der Waals surface area contributed by atoms with Gasteiger partial charge in [-0.15, -0.1) is 0 Å². The number of sulfone groups is 1. The highest BCUT2D eigenvalue weighted by Crippen LogP contribution is 2.21. The number of benzene rings is 1. The molecule has 0 aromatic heterocycles. The van der Waals surface area contributed by atoms with Crippen LogP contribution in [0.5, 0.6) is 0 Å². The van der Waals surface area contributed by atoms with Crippen LogP contribution in [0.4, 0.5) is 5.69 Å². The number of carbonyl (C=O) groups is 2. The van der Waals surface area contributed by atoms with Gasteiger partial charge in [0.15, 0.2) is 9.84 Å². The molecular formula is C17H24N2O5S2. The Bertz CT molecular complexity index is 826. The Morgan fingerprint density at radius 3 is 2.23 bits per heavy atom. The first-order valence-corrected chi connectivity index (χ1v) is 11.6. The second-order valence-corrected chi connectivity index (χ2v) is 10.4. The molecule has 1 aliphatic heterocycles. The van der Waals surface area contributed by atoms with E-state index in [1.54, 1.807) is 0 Å². The van der Waals surface area contributed by atoms with Gasteiger partial charge in [-0.3, -0.25) is 13.8 Å². The summed E-state index contributed by atoms with van der Waals surface area (Å²) in [6.07, 6.45) is 0.368. The fourth-order valence-corrected chi connectivity index (χ4v) is 5.59. The van der Waals surface area contributed by atoms with Crippen LogP contribution in [0.15, 0.2) is 12.1 Å². The van der Waals surface area contributed by atoms with Gasteiger partial charge in [0, 0.05) is 22.5 Å². The van der Waals surface area contributed by atoms with Crippen molar-refractivity contribution in [3.63, 3.8) is 0 Å². The van der Waals surface area contributed by atoms with E-state index in [4.69, 9.17) is 0 Å². The van der Waals surface area contributed by atoms with Crippen LogP contribution in [0.1, 0.15) is 23.1 Å². The highest BCUT2D eigenvalue weighted by molar-refractivity contribution is 7.91. The van der Waals surface area contributed by atoms with Crippen LogP contribution in [0.3, 0.4) is 0 Å². The molecule has 1 saturated heterocycles. The quantitative estimate of drug-likeness (QED) is 0.727. The van der Waals surface area contributed by atoms with Crippen molar-refractivity contribution in [2.24, 2.45) is 0 Å². The Labute approximate surface area is 156 Å². The van der Waals surface area contributed by atoms with Crippen LogP contribution in [-0.2, 0) is 30.2 Å². The summed E-state index contributed by atoms with van der Waals surface area (Å²) in [5, 5.41) is 5.32. The molecule has 1 heterocycles. The maximum atomic E-state index is 12.1. The topological polar surface area (TPSA) is 109 Å². The van der Waals surface area contributed by atoms with E-state index in [-0.39, 0.29) is 23.0 Å². The van der Waals surface area contributed by atoms with Gasteiger partial charge < -0.3 is 10.6 Å². The number of rotatable bonds is 6.